The number of benzene rings is 10. The molecule has 6 heteroatoms. The Morgan fingerprint density at radius 2 is 0.662 bits per heavy atom. The largest absolute Gasteiger partial charge is 0.344 e. The molecule has 11 rings (SSSR count). The van der Waals surface area contributed by atoms with Crippen LogP contribution in [0.2, 0.25) is 0 Å². The highest BCUT2D eigenvalue weighted by Gasteiger charge is 2.43. The molecular formula is C65H56O2P4. The molecule has 1 fully saturated rings. The van der Waals surface area contributed by atoms with Crippen molar-refractivity contribution >= 4 is 95.5 Å². The molecule has 0 amide bonds. The Kier molecular flexibility index (Phi) is 14.6. The molecule has 0 N–H and O–H groups in total. The maximum atomic E-state index is 6.94. The summed E-state index contributed by atoms with van der Waals surface area (Å²) in [6.45, 7) is 4.17. The van der Waals surface area contributed by atoms with Crippen molar-refractivity contribution in [3.63, 3.8) is 0 Å². The fourth-order valence-electron chi connectivity index (χ4n) is 10.0. The third-order valence-electron chi connectivity index (χ3n) is 13.2. The van der Waals surface area contributed by atoms with Gasteiger partial charge in [0.25, 0.3) is 0 Å². The zero-order chi connectivity index (χ0) is 48.0. The molecule has 1 aliphatic rings. The highest BCUT2D eigenvalue weighted by Crippen LogP contribution is 2.46. The van der Waals surface area contributed by atoms with E-state index in [-0.39, 0.29) is 12.2 Å². The van der Waals surface area contributed by atoms with Crippen LogP contribution in [0.15, 0.2) is 267 Å². The Hall–Kier alpha value is -5.90. The monoisotopic (exact) mass is 992 g/mol. The van der Waals surface area contributed by atoms with E-state index in [1.54, 1.807) is 0 Å². The van der Waals surface area contributed by atoms with Crippen LogP contribution in [0.3, 0.4) is 0 Å². The van der Waals surface area contributed by atoms with E-state index in [4.69, 9.17) is 9.47 Å². The second kappa shape index (κ2) is 21.8. The minimum absolute atomic E-state index is 0.0562. The predicted molar refractivity (Wildman–Crippen MR) is 312 cm³/mol. The Labute approximate surface area is 424 Å². The van der Waals surface area contributed by atoms with E-state index in [2.05, 4.69) is 281 Å². The van der Waals surface area contributed by atoms with Gasteiger partial charge in [-0.1, -0.05) is 255 Å². The van der Waals surface area contributed by atoms with E-state index in [1.807, 2.05) is 0 Å². The zero-order valence-corrected chi connectivity index (χ0v) is 43.7. The summed E-state index contributed by atoms with van der Waals surface area (Å²) in [6.07, 6.45) is 1.64. The van der Waals surface area contributed by atoms with Gasteiger partial charge in [-0.3, -0.25) is 0 Å². The average molecular weight is 993 g/mol. The van der Waals surface area contributed by atoms with E-state index >= 15 is 0 Å². The van der Waals surface area contributed by atoms with Gasteiger partial charge in [0, 0.05) is 12.3 Å². The van der Waals surface area contributed by atoms with E-state index in [9.17, 15) is 0 Å². The van der Waals surface area contributed by atoms with Crippen LogP contribution >= 0.6 is 31.7 Å². The topological polar surface area (TPSA) is 18.5 Å². The third-order valence-corrected chi connectivity index (χ3v) is 23.3. The first-order chi connectivity index (χ1) is 35.0. The van der Waals surface area contributed by atoms with E-state index in [0.29, 0.717) is 0 Å². The lowest BCUT2D eigenvalue weighted by Gasteiger charge is -2.28. The lowest BCUT2D eigenvalue weighted by molar-refractivity contribution is -0.142. The van der Waals surface area contributed by atoms with Crippen molar-refractivity contribution in [2.24, 2.45) is 0 Å². The molecule has 1 unspecified atom stereocenters. The van der Waals surface area contributed by atoms with Crippen LogP contribution in [0.25, 0.3) is 21.9 Å². The first-order valence-corrected chi connectivity index (χ1v) is 30.2. The molecule has 0 aromatic heterocycles. The molecule has 0 spiro atoms. The lowest BCUT2D eigenvalue weighted by atomic mass is 10.0. The van der Waals surface area contributed by atoms with Crippen molar-refractivity contribution in [1.82, 2.24) is 0 Å². The molecule has 0 saturated carbocycles. The fraction of sp³-hybridized carbons (Fsp3) is 0.108. The molecule has 2 nitrogen and oxygen atoms in total. The van der Waals surface area contributed by atoms with Crippen LogP contribution in [0, 0.1) is 0 Å². The number of rotatable bonds is 15. The average Bonchev–Trinajstić information content (AvgIpc) is 3.73. The number of ether oxygens (including phenoxy) is 2. The van der Waals surface area contributed by atoms with E-state index < -0.39 is 37.5 Å². The molecule has 1 heterocycles. The van der Waals surface area contributed by atoms with Crippen LogP contribution in [0.4, 0.5) is 0 Å². The molecule has 0 bridgehead atoms. The summed E-state index contributed by atoms with van der Waals surface area (Å²) in [5.41, 5.74) is 2.44. The van der Waals surface area contributed by atoms with Crippen molar-refractivity contribution < 1.29 is 9.47 Å². The van der Waals surface area contributed by atoms with Gasteiger partial charge in [0.05, 0.1) is 12.2 Å². The van der Waals surface area contributed by atoms with Crippen LogP contribution in [-0.2, 0) is 9.47 Å². The predicted octanol–water partition coefficient (Wildman–Crippen LogP) is 12.1. The summed E-state index contributed by atoms with van der Waals surface area (Å²) in [4.78, 5) is 0. The van der Waals surface area contributed by atoms with Crippen molar-refractivity contribution in [2.75, 3.05) is 12.3 Å². The van der Waals surface area contributed by atoms with Crippen LogP contribution < -0.4 is 53.0 Å². The summed E-state index contributed by atoms with van der Waals surface area (Å²) in [6, 6.07) is 99.2. The molecule has 1 aliphatic heterocycles. The van der Waals surface area contributed by atoms with Crippen molar-refractivity contribution in [1.29, 1.82) is 0 Å². The van der Waals surface area contributed by atoms with Gasteiger partial charge in [0.15, 0.2) is 5.79 Å². The first-order valence-electron chi connectivity index (χ1n) is 24.5. The lowest BCUT2D eigenvalue weighted by Crippen LogP contribution is -2.33. The highest BCUT2D eigenvalue weighted by molar-refractivity contribution is 7.82. The third kappa shape index (κ3) is 10.7. The Bertz CT molecular complexity index is 3170. The summed E-state index contributed by atoms with van der Waals surface area (Å²) >= 11 is 0. The first kappa shape index (κ1) is 47.4. The smallest absolute Gasteiger partial charge is 0.163 e. The second-order valence-electron chi connectivity index (χ2n) is 18.4. The zero-order valence-electron chi connectivity index (χ0n) is 40.1. The highest BCUT2D eigenvalue weighted by atomic mass is 31.1. The van der Waals surface area contributed by atoms with Crippen LogP contribution in [-0.4, -0.2) is 30.3 Å². The Morgan fingerprint density at radius 3 is 1.04 bits per heavy atom. The number of hydrogen-bond acceptors (Lipinski definition) is 2. The van der Waals surface area contributed by atoms with Gasteiger partial charge in [-0.15, -0.1) is 0 Å². The maximum Gasteiger partial charge on any atom is 0.163 e. The number of fused-ring (bicyclic) bond motifs is 1. The van der Waals surface area contributed by atoms with Crippen LogP contribution in [0.1, 0.15) is 13.8 Å². The van der Waals surface area contributed by atoms with Crippen molar-refractivity contribution in [3.8, 4) is 11.1 Å². The van der Waals surface area contributed by atoms with Crippen molar-refractivity contribution in [2.45, 2.75) is 31.8 Å². The normalized spacial score (nSPS) is 15.9. The quantitative estimate of drug-likeness (QED) is 0.0953. The van der Waals surface area contributed by atoms with E-state index in [1.165, 1.54) is 74.9 Å². The molecule has 0 aliphatic carbocycles. The molecule has 0 radical (unpaired) electrons. The second-order valence-corrected chi connectivity index (χ2v) is 27.2. The standard InChI is InChI=1S/C65H56O2P4/c1-65(2)66-60(47-68(52-26-10-3-11-27-52)53-28-12-4-13-29-53)61(67-65)48-69(54-30-14-5-15-31-54)55-43-41-49(42-44-55)51-45-50-25-24-40-62(70(56-32-16-6-17-33-56)57-34-18-7-19-35-57)64(50)63(46-51)71(58-36-20-8-21-37-58)59-38-22-9-23-39-59/h3-46,60-61H,47-48H2,1-2H3/t60-,61-,69?/m0/s1. The Balaban J connectivity index is 1.01. The van der Waals surface area contributed by atoms with Gasteiger partial charge in [-0.2, -0.15) is 0 Å². The van der Waals surface area contributed by atoms with Crippen LogP contribution in [0.5, 0.6) is 0 Å². The molecule has 3 atom stereocenters. The van der Waals surface area contributed by atoms with Gasteiger partial charge in [0.2, 0.25) is 0 Å². The maximum absolute atomic E-state index is 6.94. The van der Waals surface area contributed by atoms with E-state index in [0.717, 1.165) is 12.3 Å². The SMILES string of the molecule is CC1(C)O[C@@H](CP(c2ccccc2)c2ccccc2)[C@H](CP(c2ccccc2)c2ccc(-c3cc(P(c4ccccc4)c4ccccc4)c4c(P(c5ccccc5)c5ccccc5)cccc4c3)cc2)O1. The molecule has 1 saturated heterocycles. The van der Waals surface area contributed by atoms with Gasteiger partial charge in [-0.25, -0.2) is 0 Å². The minimum atomic E-state index is -0.946. The van der Waals surface area contributed by atoms with Gasteiger partial charge >= 0.3 is 0 Å². The van der Waals surface area contributed by atoms with Gasteiger partial charge in [0.1, 0.15) is 0 Å². The minimum Gasteiger partial charge on any atom is -0.344 e. The summed E-state index contributed by atoms with van der Waals surface area (Å²) in [5, 5.41) is 16.2. The molecule has 10 aromatic carbocycles. The molecular weight excluding hydrogens is 937 g/mol. The number of hydrogen-bond donors (Lipinski definition) is 0. The summed E-state index contributed by atoms with van der Waals surface area (Å²) in [7, 11) is -3.29. The summed E-state index contributed by atoms with van der Waals surface area (Å²) < 4.78 is 13.8. The fourth-order valence-corrected chi connectivity index (χ4v) is 20.0. The summed E-state index contributed by atoms with van der Waals surface area (Å²) in [5.74, 6) is -0.679. The molecule has 348 valence electrons. The molecule has 71 heavy (non-hydrogen) atoms. The van der Waals surface area contributed by atoms with Crippen molar-refractivity contribution in [3.05, 3.63) is 267 Å². The van der Waals surface area contributed by atoms with Gasteiger partial charge < -0.3 is 9.47 Å². The molecule has 10 aromatic rings. The van der Waals surface area contributed by atoms with Gasteiger partial charge in [-0.05, 0) is 133 Å². The Morgan fingerprint density at radius 1 is 0.324 bits per heavy atom.